The first-order valence-corrected chi connectivity index (χ1v) is 7.53. The molecule has 2 aromatic rings. The predicted molar refractivity (Wildman–Crippen MR) is 77.5 cm³/mol. The van der Waals surface area contributed by atoms with Crippen molar-refractivity contribution in [1.29, 1.82) is 0 Å². The Kier molecular flexibility index (Phi) is 3.87. The van der Waals surface area contributed by atoms with Crippen LogP contribution in [0, 0.1) is 25.5 Å². The second kappa shape index (κ2) is 5.33. The fraction of sp³-hybridized carbons (Fsp3) is 0.143. The largest absolute Gasteiger partial charge is 0.399 e. The van der Waals surface area contributed by atoms with Gasteiger partial charge in [-0.05, 0) is 49.2 Å². The number of hydrogen-bond acceptors (Lipinski definition) is 3. The van der Waals surface area contributed by atoms with Crippen LogP contribution in [0.5, 0.6) is 0 Å². The van der Waals surface area contributed by atoms with Gasteiger partial charge in [0.15, 0.2) is 11.6 Å². The summed E-state index contributed by atoms with van der Waals surface area (Å²) < 4.78 is 52.9. The third-order valence-electron chi connectivity index (χ3n) is 3.10. The van der Waals surface area contributed by atoms with E-state index < -0.39 is 21.7 Å². The smallest absolute Gasteiger partial charge is 0.262 e. The Balaban J connectivity index is 2.45. The van der Waals surface area contributed by atoms with E-state index in [0.717, 1.165) is 23.8 Å². The number of hydrogen-bond donors (Lipinski definition) is 2. The van der Waals surface area contributed by atoms with E-state index in [0.29, 0.717) is 11.3 Å². The fourth-order valence-corrected chi connectivity index (χ4v) is 3.31. The molecule has 3 N–H and O–H groups in total. The summed E-state index contributed by atoms with van der Waals surface area (Å²) >= 11 is 0. The molecule has 4 nitrogen and oxygen atoms in total. The van der Waals surface area contributed by atoms with Crippen molar-refractivity contribution >= 4 is 21.4 Å². The zero-order valence-corrected chi connectivity index (χ0v) is 12.3. The first-order chi connectivity index (χ1) is 9.70. The summed E-state index contributed by atoms with van der Waals surface area (Å²) in [5, 5.41) is 0. The van der Waals surface area contributed by atoms with Crippen LogP contribution in [0.3, 0.4) is 0 Å². The summed E-state index contributed by atoms with van der Waals surface area (Å²) in [7, 11) is -3.94. The van der Waals surface area contributed by atoms with Crippen LogP contribution in [-0.2, 0) is 10.0 Å². The van der Waals surface area contributed by atoms with Gasteiger partial charge in [0.1, 0.15) is 0 Å². The minimum atomic E-state index is -3.94. The van der Waals surface area contributed by atoms with Crippen LogP contribution in [0.2, 0.25) is 0 Å². The molecule has 2 rings (SSSR count). The molecular formula is C14H14F2N2O2S. The highest BCUT2D eigenvalue weighted by Crippen LogP contribution is 2.25. The maximum absolute atomic E-state index is 13.1. The molecule has 0 aromatic heterocycles. The van der Waals surface area contributed by atoms with Gasteiger partial charge in [-0.15, -0.1) is 0 Å². The minimum Gasteiger partial charge on any atom is -0.399 e. The van der Waals surface area contributed by atoms with Gasteiger partial charge in [0, 0.05) is 11.8 Å². The second-order valence-electron chi connectivity index (χ2n) is 4.70. The number of sulfonamides is 1. The van der Waals surface area contributed by atoms with Gasteiger partial charge in [-0.25, -0.2) is 17.2 Å². The maximum atomic E-state index is 13.1. The molecule has 112 valence electrons. The summed E-state index contributed by atoms with van der Waals surface area (Å²) in [5.74, 6) is -2.18. The first kappa shape index (κ1) is 15.2. The van der Waals surface area contributed by atoms with Crippen LogP contribution in [0.4, 0.5) is 20.2 Å². The average Bonchev–Trinajstić information content (AvgIpc) is 2.37. The molecule has 0 saturated carbocycles. The topological polar surface area (TPSA) is 72.2 Å². The van der Waals surface area contributed by atoms with Crippen molar-refractivity contribution in [1.82, 2.24) is 0 Å². The molecule has 21 heavy (non-hydrogen) atoms. The van der Waals surface area contributed by atoms with Gasteiger partial charge < -0.3 is 5.73 Å². The Morgan fingerprint density at radius 3 is 2.33 bits per heavy atom. The first-order valence-electron chi connectivity index (χ1n) is 6.05. The van der Waals surface area contributed by atoms with E-state index in [-0.39, 0.29) is 10.6 Å². The standard InChI is InChI=1S/C14H14F2N2O2S/c1-8-5-10(17)6-14(9(8)2)21(19,20)18-11-3-4-12(15)13(16)7-11/h3-7,18H,17H2,1-2H3. The Morgan fingerprint density at radius 2 is 1.71 bits per heavy atom. The van der Waals surface area contributed by atoms with Crippen molar-refractivity contribution < 1.29 is 17.2 Å². The SMILES string of the molecule is Cc1cc(N)cc(S(=O)(=O)Nc2ccc(F)c(F)c2)c1C. The molecule has 0 aliphatic heterocycles. The van der Waals surface area contributed by atoms with Gasteiger partial charge in [-0.2, -0.15) is 0 Å². The van der Waals surface area contributed by atoms with Crippen molar-refractivity contribution in [3.05, 3.63) is 53.1 Å². The summed E-state index contributed by atoms with van der Waals surface area (Å²) in [6.07, 6.45) is 0. The predicted octanol–water partition coefficient (Wildman–Crippen LogP) is 2.96. The third-order valence-corrected chi connectivity index (χ3v) is 4.61. The van der Waals surface area contributed by atoms with Gasteiger partial charge in [0.05, 0.1) is 10.6 Å². The molecule has 7 heteroatoms. The zero-order valence-electron chi connectivity index (χ0n) is 11.4. The number of aryl methyl sites for hydroxylation is 1. The number of anilines is 2. The maximum Gasteiger partial charge on any atom is 0.262 e. The Hall–Kier alpha value is -2.15. The van der Waals surface area contributed by atoms with Gasteiger partial charge >= 0.3 is 0 Å². The highest BCUT2D eigenvalue weighted by Gasteiger charge is 2.19. The molecule has 0 amide bonds. The van der Waals surface area contributed by atoms with E-state index in [1.54, 1.807) is 19.9 Å². The van der Waals surface area contributed by atoms with Crippen molar-refractivity contribution in [3.63, 3.8) is 0 Å². The Bertz CT molecular complexity index is 805. The number of halogens is 2. The molecule has 0 bridgehead atoms. The summed E-state index contributed by atoms with van der Waals surface area (Å²) in [4.78, 5) is 0.00438. The lowest BCUT2D eigenvalue weighted by Crippen LogP contribution is -2.15. The molecule has 0 heterocycles. The molecule has 0 unspecified atom stereocenters. The molecular weight excluding hydrogens is 298 g/mol. The number of nitrogens with one attached hydrogen (secondary N) is 1. The van der Waals surface area contributed by atoms with Crippen molar-refractivity contribution in [2.75, 3.05) is 10.5 Å². The number of nitrogen functional groups attached to an aromatic ring is 1. The van der Waals surface area contributed by atoms with Crippen molar-refractivity contribution in [2.45, 2.75) is 18.7 Å². The van der Waals surface area contributed by atoms with Crippen LogP contribution in [0.1, 0.15) is 11.1 Å². The number of rotatable bonds is 3. The van der Waals surface area contributed by atoms with Crippen LogP contribution in [0.25, 0.3) is 0 Å². The summed E-state index contributed by atoms with van der Waals surface area (Å²) in [5.41, 5.74) is 7.17. The van der Waals surface area contributed by atoms with Gasteiger partial charge in [-0.3, -0.25) is 4.72 Å². The van der Waals surface area contributed by atoms with Crippen molar-refractivity contribution in [3.8, 4) is 0 Å². The lowest BCUT2D eigenvalue weighted by atomic mass is 10.1. The van der Waals surface area contributed by atoms with E-state index in [4.69, 9.17) is 5.73 Å². The average molecular weight is 312 g/mol. The molecule has 0 fully saturated rings. The van der Waals surface area contributed by atoms with Crippen LogP contribution >= 0.6 is 0 Å². The van der Waals surface area contributed by atoms with Crippen LogP contribution in [0.15, 0.2) is 35.2 Å². The third kappa shape index (κ3) is 3.13. The second-order valence-corrected chi connectivity index (χ2v) is 6.35. The van der Waals surface area contributed by atoms with Gasteiger partial charge in [0.25, 0.3) is 10.0 Å². The monoisotopic (exact) mass is 312 g/mol. The highest BCUT2D eigenvalue weighted by atomic mass is 32.2. The molecule has 0 radical (unpaired) electrons. The summed E-state index contributed by atoms with van der Waals surface area (Å²) in [6, 6.07) is 5.76. The fourth-order valence-electron chi connectivity index (χ4n) is 1.90. The van der Waals surface area contributed by atoms with E-state index >= 15 is 0 Å². The molecule has 2 aromatic carbocycles. The molecule has 0 saturated heterocycles. The lowest BCUT2D eigenvalue weighted by molar-refractivity contribution is 0.509. The zero-order chi connectivity index (χ0) is 15.8. The van der Waals surface area contributed by atoms with E-state index in [9.17, 15) is 17.2 Å². The minimum absolute atomic E-state index is 0.00438. The Morgan fingerprint density at radius 1 is 1.05 bits per heavy atom. The van der Waals surface area contributed by atoms with Crippen molar-refractivity contribution in [2.24, 2.45) is 0 Å². The summed E-state index contributed by atoms with van der Waals surface area (Å²) in [6.45, 7) is 3.39. The number of benzene rings is 2. The Labute approximate surface area is 121 Å². The van der Waals surface area contributed by atoms with Crippen LogP contribution < -0.4 is 10.5 Å². The van der Waals surface area contributed by atoms with Gasteiger partial charge in [-0.1, -0.05) is 0 Å². The molecule has 0 atom stereocenters. The molecule has 0 spiro atoms. The highest BCUT2D eigenvalue weighted by molar-refractivity contribution is 7.92. The van der Waals surface area contributed by atoms with Crippen LogP contribution in [-0.4, -0.2) is 8.42 Å². The molecule has 0 aliphatic rings. The number of nitrogens with two attached hydrogens (primary N) is 1. The van der Waals surface area contributed by atoms with E-state index in [2.05, 4.69) is 4.72 Å². The quantitative estimate of drug-likeness (QED) is 0.856. The normalized spacial score (nSPS) is 11.4. The van der Waals surface area contributed by atoms with Gasteiger partial charge in [0.2, 0.25) is 0 Å². The van der Waals surface area contributed by atoms with E-state index in [1.165, 1.54) is 6.07 Å². The van der Waals surface area contributed by atoms with E-state index in [1.807, 2.05) is 0 Å². The molecule has 0 aliphatic carbocycles. The lowest BCUT2D eigenvalue weighted by Gasteiger charge is -2.13.